The summed E-state index contributed by atoms with van der Waals surface area (Å²) in [6, 6.07) is 6.82. The highest BCUT2D eigenvalue weighted by atomic mass is 32.2. The molecule has 1 aromatic rings. The first kappa shape index (κ1) is 18.5. The number of hydrogen-bond donors (Lipinski definition) is 0. The number of sulfonamides is 1. The van der Waals surface area contributed by atoms with Crippen molar-refractivity contribution >= 4 is 18.3 Å². The lowest BCUT2D eigenvalue weighted by Gasteiger charge is -2.21. The van der Waals surface area contributed by atoms with E-state index in [0.29, 0.717) is 12.4 Å². The van der Waals surface area contributed by atoms with Crippen molar-refractivity contribution in [1.82, 2.24) is 0 Å². The molecule has 0 atom stereocenters. The lowest BCUT2D eigenvalue weighted by molar-refractivity contribution is 0.301. The molecule has 0 aliphatic heterocycles. The fourth-order valence-corrected chi connectivity index (χ4v) is 4.55. The molecule has 0 N–H and O–H groups in total. The van der Waals surface area contributed by atoms with Gasteiger partial charge in [-0.1, -0.05) is 0 Å². The van der Waals surface area contributed by atoms with Gasteiger partial charge in [0.15, 0.2) is 8.32 Å². The van der Waals surface area contributed by atoms with Crippen molar-refractivity contribution in [3.63, 3.8) is 0 Å². The van der Waals surface area contributed by atoms with E-state index < -0.39 is 18.3 Å². The maximum Gasteiger partial charge on any atom is 0.264 e. The Morgan fingerprint density at radius 2 is 1.91 bits per heavy atom. The Morgan fingerprint density at radius 1 is 1.27 bits per heavy atom. The van der Waals surface area contributed by atoms with Gasteiger partial charge in [-0.05, 0) is 62.3 Å². The number of nitrogens with zero attached hydrogens (tertiary/aromatic N) is 3. The fourth-order valence-electron chi connectivity index (χ4n) is 1.95. The van der Waals surface area contributed by atoms with Gasteiger partial charge in [0.25, 0.3) is 10.0 Å². The first-order chi connectivity index (χ1) is 10.3. The Kier molecular flexibility index (Phi) is 6.88. The van der Waals surface area contributed by atoms with Crippen molar-refractivity contribution in [3.8, 4) is 5.75 Å². The highest BCUT2D eigenvalue weighted by molar-refractivity contribution is 7.90. The molecule has 0 spiro atoms. The summed E-state index contributed by atoms with van der Waals surface area (Å²) in [5.41, 5.74) is 8.21. The minimum Gasteiger partial charge on any atom is -0.494 e. The quantitative estimate of drug-likeness (QED) is 0.224. The smallest absolute Gasteiger partial charge is 0.264 e. The van der Waals surface area contributed by atoms with Crippen LogP contribution in [-0.4, -0.2) is 29.9 Å². The minimum atomic E-state index is -3.94. The van der Waals surface area contributed by atoms with E-state index in [2.05, 4.69) is 22.5 Å². The van der Waals surface area contributed by atoms with Crippen LogP contribution in [0, 0.1) is 0 Å². The molecule has 0 bridgehead atoms. The molecule has 0 aliphatic carbocycles. The molecule has 0 heterocycles. The van der Waals surface area contributed by atoms with Crippen LogP contribution in [0.1, 0.15) is 13.3 Å². The first-order valence-corrected chi connectivity index (χ1v) is 11.5. The minimum absolute atomic E-state index is 0.0532. The van der Waals surface area contributed by atoms with E-state index in [9.17, 15) is 8.42 Å². The van der Waals surface area contributed by atoms with E-state index in [1.807, 2.05) is 6.92 Å². The number of azide groups is 1. The van der Waals surface area contributed by atoms with Gasteiger partial charge < -0.3 is 9.16 Å². The number of rotatable bonds is 9. The van der Waals surface area contributed by atoms with Crippen LogP contribution in [0.25, 0.3) is 10.4 Å². The summed E-state index contributed by atoms with van der Waals surface area (Å²) in [5, 5.41) is 0. The second-order valence-corrected chi connectivity index (χ2v) is 11.2. The molecule has 9 heteroatoms. The van der Waals surface area contributed by atoms with Gasteiger partial charge in [0, 0.05) is 16.0 Å². The maximum absolute atomic E-state index is 11.5. The molecule has 0 aliphatic rings. The zero-order valence-corrected chi connectivity index (χ0v) is 14.8. The highest BCUT2D eigenvalue weighted by Crippen LogP contribution is 2.19. The van der Waals surface area contributed by atoms with E-state index >= 15 is 0 Å². The molecule has 0 radical (unpaired) electrons. The SMILES string of the molecule is CCO[Si](C)(C)CCCOc1ccc(S(=O)(=O)N=[N+]=[N-])cc1. The third-order valence-electron chi connectivity index (χ3n) is 2.99. The Hall–Kier alpha value is -1.54. The molecule has 0 saturated carbocycles. The molecule has 0 fully saturated rings. The van der Waals surface area contributed by atoms with Crippen LogP contribution in [0.3, 0.4) is 0 Å². The normalized spacial score (nSPS) is 11.8. The first-order valence-electron chi connectivity index (χ1n) is 6.99. The summed E-state index contributed by atoms with van der Waals surface area (Å²) >= 11 is 0. The molecule has 7 nitrogen and oxygen atoms in total. The van der Waals surface area contributed by atoms with E-state index in [1.165, 1.54) is 12.1 Å². The van der Waals surface area contributed by atoms with Crippen LogP contribution < -0.4 is 4.74 Å². The van der Waals surface area contributed by atoms with Crippen molar-refractivity contribution in [2.45, 2.75) is 37.4 Å². The van der Waals surface area contributed by atoms with Gasteiger partial charge in [-0.3, -0.25) is 0 Å². The van der Waals surface area contributed by atoms with Crippen molar-refractivity contribution in [3.05, 3.63) is 34.7 Å². The molecule has 0 saturated heterocycles. The zero-order chi connectivity index (χ0) is 16.6. The summed E-state index contributed by atoms with van der Waals surface area (Å²) in [4.78, 5) is 2.25. The van der Waals surface area contributed by atoms with Crippen LogP contribution >= 0.6 is 0 Å². The largest absolute Gasteiger partial charge is 0.494 e. The van der Waals surface area contributed by atoms with Crippen LogP contribution in [-0.2, 0) is 14.4 Å². The fraction of sp³-hybridized carbons (Fsp3) is 0.538. The van der Waals surface area contributed by atoms with E-state index in [1.54, 1.807) is 12.1 Å². The third-order valence-corrected chi connectivity index (χ3v) is 6.78. The Labute approximate surface area is 132 Å². The summed E-state index contributed by atoms with van der Waals surface area (Å²) in [6.07, 6.45) is 0.887. The van der Waals surface area contributed by atoms with Gasteiger partial charge >= 0.3 is 0 Å². The van der Waals surface area contributed by atoms with Crippen molar-refractivity contribution in [1.29, 1.82) is 0 Å². The average Bonchev–Trinajstić information content (AvgIpc) is 2.44. The molecular formula is C13H21N3O4SSi. The number of hydrogen-bond acceptors (Lipinski definition) is 4. The lowest BCUT2D eigenvalue weighted by atomic mass is 10.3. The van der Waals surface area contributed by atoms with E-state index in [0.717, 1.165) is 19.1 Å². The molecule has 122 valence electrons. The Balaban J connectivity index is 2.51. The van der Waals surface area contributed by atoms with Crippen molar-refractivity contribution in [2.75, 3.05) is 13.2 Å². The second kappa shape index (κ2) is 8.18. The third kappa shape index (κ3) is 6.06. The van der Waals surface area contributed by atoms with E-state index in [-0.39, 0.29) is 4.90 Å². The predicted molar refractivity (Wildman–Crippen MR) is 86.8 cm³/mol. The second-order valence-electron chi connectivity index (χ2n) is 5.26. The van der Waals surface area contributed by atoms with Gasteiger partial charge in [-0.15, -0.1) is 0 Å². The molecule has 22 heavy (non-hydrogen) atoms. The highest BCUT2D eigenvalue weighted by Gasteiger charge is 2.20. The summed E-state index contributed by atoms with van der Waals surface area (Å²) < 4.78 is 37.1. The van der Waals surface area contributed by atoms with Crippen LogP contribution in [0.15, 0.2) is 33.7 Å². The topological polar surface area (TPSA) is 101 Å². The average molecular weight is 343 g/mol. The van der Waals surface area contributed by atoms with E-state index in [4.69, 9.17) is 14.7 Å². The molecule has 1 aromatic carbocycles. The summed E-state index contributed by atoms with van der Waals surface area (Å²) in [5.74, 6) is 0.579. The Morgan fingerprint density at radius 3 is 2.45 bits per heavy atom. The standard InChI is InChI=1S/C13H21N3O4SSi/c1-4-20-22(2,3)11-5-10-19-12-6-8-13(9-7-12)21(17,18)16-15-14/h6-9H,4-5,10-11H2,1-3H3. The monoisotopic (exact) mass is 343 g/mol. The Bertz CT molecular complexity index is 625. The maximum atomic E-state index is 11.5. The van der Waals surface area contributed by atoms with Gasteiger partial charge in [-0.2, -0.15) is 0 Å². The van der Waals surface area contributed by atoms with Crippen LogP contribution in [0.4, 0.5) is 0 Å². The van der Waals surface area contributed by atoms with Crippen molar-refractivity contribution < 1.29 is 17.6 Å². The number of ether oxygens (including phenoxy) is 1. The van der Waals surface area contributed by atoms with Gasteiger partial charge in [0.05, 0.1) is 11.5 Å². The molecule has 1 rings (SSSR count). The molecule has 0 aromatic heterocycles. The summed E-state index contributed by atoms with van der Waals surface area (Å²) in [6.45, 7) is 7.63. The van der Waals surface area contributed by atoms with Gasteiger partial charge in [0.2, 0.25) is 0 Å². The van der Waals surface area contributed by atoms with Crippen LogP contribution in [0.2, 0.25) is 19.1 Å². The molecule has 0 amide bonds. The molecule has 0 unspecified atom stereocenters. The van der Waals surface area contributed by atoms with Gasteiger partial charge in [-0.25, -0.2) is 8.42 Å². The number of benzene rings is 1. The van der Waals surface area contributed by atoms with Gasteiger partial charge in [0.1, 0.15) is 5.75 Å². The van der Waals surface area contributed by atoms with Crippen molar-refractivity contribution in [2.24, 2.45) is 4.52 Å². The zero-order valence-electron chi connectivity index (χ0n) is 13.0. The predicted octanol–water partition coefficient (Wildman–Crippen LogP) is 3.70. The lowest BCUT2D eigenvalue weighted by Crippen LogP contribution is -2.30. The van der Waals surface area contributed by atoms with Crippen LogP contribution in [0.5, 0.6) is 5.75 Å². The summed E-state index contributed by atoms with van der Waals surface area (Å²) in [7, 11) is -5.53. The molecular weight excluding hydrogens is 322 g/mol.